The number of H-pyrrole nitrogens is 1. The van der Waals surface area contributed by atoms with Crippen molar-refractivity contribution in [2.24, 2.45) is 12.8 Å². The average Bonchev–Trinajstić information content (AvgIpc) is 3.27. The fourth-order valence-electron chi connectivity index (χ4n) is 3.84. The Morgan fingerprint density at radius 1 is 1.22 bits per heavy atom. The van der Waals surface area contributed by atoms with Gasteiger partial charge in [0, 0.05) is 31.0 Å². The molecule has 3 heterocycles. The number of hydrogen-bond donors (Lipinski definition) is 2. The average molecular weight is 381 g/mol. The summed E-state index contributed by atoms with van der Waals surface area (Å²) in [6.45, 7) is 0. The lowest BCUT2D eigenvalue weighted by atomic mass is 9.86. The minimum absolute atomic E-state index is 0. The number of aromatic amines is 1. The zero-order valence-electron chi connectivity index (χ0n) is 15.0. The van der Waals surface area contributed by atoms with Crippen molar-refractivity contribution in [3.05, 3.63) is 54.0 Å². The second-order valence-electron chi connectivity index (χ2n) is 6.96. The second-order valence-corrected chi connectivity index (χ2v) is 6.96. The minimum Gasteiger partial charge on any atom is -0.324 e. The van der Waals surface area contributed by atoms with E-state index in [0.29, 0.717) is 0 Å². The Bertz CT molecular complexity index is 1110. The van der Waals surface area contributed by atoms with Crippen LogP contribution in [-0.4, -0.2) is 24.7 Å². The predicted molar refractivity (Wildman–Crippen MR) is 109 cm³/mol. The van der Waals surface area contributed by atoms with Gasteiger partial charge >= 0.3 is 0 Å². The van der Waals surface area contributed by atoms with Crippen LogP contribution in [0.25, 0.3) is 33.7 Å². The van der Waals surface area contributed by atoms with Gasteiger partial charge in [-0.1, -0.05) is 18.2 Å². The van der Waals surface area contributed by atoms with Crippen molar-refractivity contribution in [1.82, 2.24) is 24.7 Å². The van der Waals surface area contributed by atoms with Gasteiger partial charge in [-0.15, -0.1) is 12.4 Å². The van der Waals surface area contributed by atoms with E-state index >= 15 is 0 Å². The van der Waals surface area contributed by atoms with Crippen LogP contribution in [0.5, 0.6) is 0 Å². The van der Waals surface area contributed by atoms with Crippen molar-refractivity contribution in [3.8, 4) is 22.5 Å². The number of aromatic nitrogens is 5. The number of pyridine rings is 1. The number of rotatable bonds is 2. The molecule has 1 aromatic carbocycles. The lowest BCUT2D eigenvalue weighted by molar-refractivity contribution is 0.570. The molecule has 1 aliphatic rings. The quantitative estimate of drug-likeness (QED) is 0.554. The van der Waals surface area contributed by atoms with Crippen LogP contribution < -0.4 is 5.73 Å². The summed E-state index contributed by atoms with van der Waals surface area (Å²) in [5.74, 6) is 0.785. The van der Waals surface area contributed by atoms with Crippen LogP contribution >= 0.6 is 12.4 Å². The third kappa shape index (κ3) is 3.01. The van der Waals surface area contributed by atoms with Crippen LogP contribution in [0, 0.1) is 0 Å². The summed E-state index contributed by atoms with van der Waals surface area (Å²) in [6, 6.07) is 8.78. The number of halogens is 1. The zero-order chi connectivity index (χ0) is 17.7. The second kappa shape index (κ2) is 6.79. The molecular weight excluding hydrogens is 360 g/mol. The maximum absolute atomic E-state index is 6.26. The van der Waals surface area contributed by atoms with Crippen LogP contribution in [0.1, 0.15) is 30.0 Å². The Labute approximate surface area is 163 Å². The number of nitrogens with one attached hydrogen (secondary N) is 1. The summed E-state index contributed by atoms with van der Waals surface area (Å²) in [5, 5.41) is 4.22. The molecule has 1 aliphatic carbocycles. The molecule has 27 heavy (non-hydrogen) atoms. The summed E-state index contributed by atoms with van der Waals surface area (Å²) < 4.78 is 1.77. The molecule has 3 aromatic heterocycles. The molecule has 0 spiro atoms. The molecule has 0 saturated carbocycles. The van der Waals surface area contributed by atoms with E-state index in [4.69, 9.17) is 10.7 Å². The van der Waals surface area contributed by atoms with E-state index in [1.54, 1.807) is 10.9 Å². The molecule has 1 atom stereocenters. The van der Waals surface area contributed by atoms with E-state index in [0.717, 1.165) is 52.9 Å². The predicted octanol–water partition coefficient (Wildman–Crippen LogP) is 3.78. The highest BCUT2D eigenvalue weighted by Gasteiger charge is 2.18. The third-order valence-electron chi connectivity index (χ3n) is 5.18. The van der Waals surface area contributed by atoms with Gasteiger partial charge < -0.3 is 10.7 Å². The number of hydrogen-bond acceptors (Lipinski definition) is 4. The standard InChI is InChI=1S/C20H20N6.ClH/c1-26-11-14(10-23-26)19-24-18-16(7-8-22-20(18)25-19)13-5-6-15-12(9-13)3-2-4-17(15)21;/h5-11,17H,2-4,21H2,1H3,(H,22,24,25);1H. The summed E-state index contributed by atoms with van der Waals surface area (Å²) >= 11 is 0. The number of fused-ring (bicyclic) bond motifs is 2. The summed E-state index contributed by atoms with van der Waals surface area (Å²) in [4.78, 5) is 12.6. The lowest BCUT2D eigenvalue weighted by Gasteiger charge is -2.22. The van der Waals surface area contributed by atoms with Gasteiger partial charge in [0.2, 0.25) is 0 Å². The first-order valence-corrected chi connectivity index (χ1v) is 8.91. The molecule has 3 N–H and O–H groups in total. The molecule has 0 fully saturated rings. The Balaban J connectivity index is 0.00000180. The molecule has 6 nitrogen and oxygen atoms in total. The first-order valence-electron chi connectivity index (χ1n) is 8.91. The number of benzene rings is 1. The normalized spacial score (nSPS) is 16.1. The van der Waals surface area contributed by atoms with E-state index in [2.05, 4.69) is 33.3 Å². The van der Waals surface area contributed by atoms with Crippen LogP contribution in [0.2, 0.25) is 0 Å². The van der Waals surface area contributed by atoms with E-state index in [1.165, 1.54) is 11.1 Å². The largest absolute Gasteiger partial charge is 0.324 e. The van der Waals surface area contributed by atoms with E-state index in [-0.39, 0.29) is 18.4 Å². The third-order valence-corrected chi connectivity index (χ3v) is 5.18. The van der Waals surface area contributed by atoms with E-state index < -0.39 is 0 Å². The maximum atomic E-state index is 6.26. The molecule has 5 rings (SSSR count). The topological polar surface area (TPSA) is 85.4 Å². The number of aryl methyl sites for hydroxylation is 2. The Hall–Kier alpha value is -2.70. The molecule has 0 saturated heterocycles. The molecular formula is C20H21ClN6. The fraction of sp³-hybridized carbons (Fsp3) is 0.250. The van der Waals surface area contributed by atoms with Crippen LogP contribution in [0.4, 0.5) is 0 Å². The monoisotopic (exact) mass is 380 g/mol. The first-order chi connectivity index (χ1) is 12.7. The van der Waals surface area contributed by atoms with Gasteiger partial charge in [0.15, 0.2) is 5.65 Å². The summed E-state index contributed by atoms with van der Waals surface area (Å²) in [6.07, 6.45) is 8.88. The van der Waals surface area contributed by atoms with Crippen molar-refractivity contribution in [3.63, 3.8) is 0 Å². The smallest absolute Gasteiger partial charge is 0.158 e. The first kappa shape index (κ1) is 17.7. The van der Waals surface area contributed by atoms with E-state index in [9.17, 15) is 0 Å². The highest BCUT2D eigenvalue weighted by Crippen LogP contribution is 2.34. The molecule has 0 bridgehead atoms. The van der Waals surface area contributed by atoms with Crippen molar-refractivity contribution in [2.45, 2.75) is 25.3 Å². The Kier molecular flexibility index (Phi) is 4.45. The van der Waals surface area contributed by atoms with Gasteiger partial charge in [0.1, 0.15) is 11.3 Å². The van der Waals surface area contributed by atoms with Crippen molar-refractivity contribution in [1.29, 1.82) is 0 Å². The van der Waals surface area contributed by atoms with Crippen LogP contribution in [0.3, 0.4) is 0 Å². The van der Waals surface area contributed by atoms with Gasteiger partial charge in [0.05, 0.1) is 11.8 Å². The van der Waals surface area contributed by atoms with Crippen molar-refractivity contribution < 1.29 is 0 Å². The van der Waals surface area contributed by atoms with Crippen molar-refractivity contribution >= 4 is 23.6 Å². The van der Waals surface area contributed by atoms with Gasteiger partial charge in [-0.25, -0.2) is 9.97 Å². The van der Waals surface area contributed by atoms with Gasteiger partial charge in [-0.05, 0) is 42.0 Å². The zero-order valence-corrected chi connectivity index (χ0v) is 15.8. The van der Waals surface area contributed by atoms with Crippen LogP contribution in [-0.2, 0) is 13.5 Å². The highest BCUT2D eigenvalue weighted by atomic mass is 35.5. The number of nitrogens with zero attached hydrogens (tertiary/aromatic N) is 4. The van der Waals surface area contributed by atoms with Gasteiger partial charge in [-0.2, -0.15) is 5.10 Å². The summed E-state index contributed by atoms with van der Waals surface area (Å²) in [5.41, 5.74) is 13.8. The summed E-state index contributed by atoms with van der Waals surface area (Å²) in [7, 11) is 1.90. The Morgan fingerprint density at radius 2 is 2.11 bits per heavy atom. The molecule has 0 radical (unpaired) electrons. The molecule has 0 aliphatic heterocycles. The maximum Gasteiger partial charge on any atom is 0.158 e. The highest BCUT2D eigenvalue weighted by molar-refractivity contribution is 5.91. The molecule has 7 heteroatoms. The lowest BCUT2D eigenvalue weighted by Crippen LogP contribution is -2.17. The van der Waals surface area contributed by atoms with E-state index in [1.807, 2.05) is 25.5 Å². The molecule has 1 unspecified atom stereocenters. The van der Waals surface area contributed by atoms with Crippen LogP contribution in [0.15, 0.2) is 42.9 Å². The number of imidazole rings is 1. The molecule has 138 valence electrons. The van der Waals surface area contributed by atoms with Gasteiger partial charge in [0.25, 0.3) is 0 Å². The van der Waals surface area contributed by atoms with Gasteiger partial charge in [-0.3, -0.25) is 4.68 Å². The minimum atomic E-state index is 0. The molecule has 0 amide bonds. The SMILES string of the molecule is Cl.Cn1cc(-c2nc3c(-c4ccc5c(c4)CCCC5N)ccnc3[nH]2)cn1. The van der Waals surface area contributed by atoms with Crippen molar-refractivity contribution in [2.75, 3.05) is 0 Å². The Morgan fingerprint density at radius 3 is 2.93 bits per heavy atom. The number of nitrogens with two attached hydrogens (primary N) is 1. The fourth-order valence-corrected chi connectivity index (χ4v) is 3.84. The molecule has 4 aromatic rings.